The number of nitrogens with one attached hydrogen (secondary N) is 1. The Hall–Kier alpha value is -0.720. The van der Waals surface area contributed by atoms with E-state index in [9.17, 15) is 13.2 Å². The van der Waals surface area contributed by atoms with Crippen LogP contribution in [-0.2, 0) is 20.4 Å². The van der Waals surface area contributed by atoms with Crippen molar-refractivity contribution in [1.82, 2.24) is 5.32 Å². The Balaban J connectivity index is 2.31. The van der Waals surface area contributed by atoms with Crippen LogP contribution in [0.3, 0.4) is 0 Å². The molecule has 1 aromatic rings. The molecule has 1 unspecified atom stereocenters. The third kappa shape index (κ3) is 7.74. The third-order valence-electron chi connectivity index (χ3n) is 2.74. The molecule has 7 heteroatoms. The highest BCUT2D eigenvalue weighted by Crippen LogP contribution is 2.16. The fourth-order valence-corrected chi connectivity index (χ4v) is 3.83. The summed E-state index contributed by atoms with van der Waals surface area (Å²) in [5.74, 6) is 0.907. The van der Waals surface area contributed by atoms with Crippen LogP contribution in [0.15, 0.2) is 24.3 Å². The summed E-state index contributed by atoms with van der Waals surface area (Å²) >= 11 is 7.35. The monoisotopic (exact) mass is 349 g/mol. The maximum Gasteiger partial charge on any atom is 0.230 e. The highest BCUT2D eigenvalue weighted by Gasteiger charge is 2.15. The highest BCUT2D eigenvalue weighted by atomic mass is 35.5. The Morgan fingerprint density at radius 1 is 1.43 bits per heavy atom. The van der Waals surface area contributed by atoms with Gasteiger partial charge >= 0.3 is 0 Å². The van der Waals surface area contributed by atoms with E-state index < -0.39 is 9.84 Å². The molecular weight excluding hydrogens is 330 g/mol. The lowest BCUT2D eigenvalue weighted by atomic mass is 10.2. The Kier molecular flexibility index (Phi) is 7.56. The fourth-order valence-electron chi connectivity index (χ4n) is 1.75. The third-order valence-corrected chi connectivity index (χ3v) is 5.87. The van der Waals surface area contributed by atoms with Crippen LogP contribution in [0, 0.1) is 0 Å². The number of amides is 1. The summed E-state index contributed by atoms with van der Waals surface area (Å²) in [4.78, 5) is 11.7. The molecule has 1 rings (SSSR count). The SMILES string of the molecule is CCS(=O)(=O)CC(C)NC(=O)CSCc1cccc(Cl)c1. The molecule has 0 heterocycles. The van der Waals surface area contributed by atoms with Gasteiger partial charge in [-0.2, -0.15) is 0 Å². The van der Waals surface area contributed by atoms with Gasteiger partial charge in [-0.1, -0.05) is 30.7 Å². The second-order valence-corrected chi connectivity index (χ2v) is 8.61. The standard InChI is InChI=1S/C14H20ClNO3S2/c1-3-21(18,19)10-11(2)16-14(17)9-20-8-12-5-4-6-13(15)7-12/h4-7,11H,3,8-10H2,1-2H3,(H,16,17). The number of rotatable bonds is 8. The number of carbonyl (C=O) groups excluding carboxylic acids is 1. The number of benzene rings is 1. The lowest BCUT2D eigenvalue weighted by Crippen LogP contribution is -2.38. The van der Waals surface area contributed by atoms with Gasteiger partial charge in [0.25, 0.3) is 0 Å². The molecule has 0 spiro atoms. The van der Waals surface area contributed by atoms with Gasteiger partial charge in [0.1, 0.15) is 0 Å². The van der Waals surface area contributed by atoms with Crippen molar-refractivity contribution in [3.8, 4) is 0 Å². The van der Waals surface area contributed by atoms with Crippen molar-refractivity contribution in [2.45, 2.75) is 25.6 Å². The number of halogens is 1. The van der Waals surface area contributed by atoms with E-state index >= 15 is 0 Å². The van der Waals surface area contributed by atoms with Crippen LogP contribution in [0.25, 0.3) is 0 Å². The fraction of sp³-hybridized carbons (Fsp3) is 0.500. The summed E-state index contributed by atoms with van der Waals surface area (Å²) in [5.41, 5.74) is 1.06. The second kappa shape index (κ2) is 8.66. The molecule has 1 aromatic carbocycles. The molecule has 0 bridgehead atoms. The van der Waals surface area contributed by atoms with Gasteiger partial charge < -0.3 is 5.32 Å². The van der Waals surface area contributed by atoms with Gasteiger partial charge in [-0.15, -0.1) is 11.8 Å². The molecule has 0 aromatic heterocycles. The zero-order valence-corrected chi connectivity index (χ0v) is 14.5. The maximum atomic E-state index is 11.7. The molecule has 0 radical (unpaired) electrons. The first-order valence-electron chi connectivity index (χ1n) is 6.64. The Labute approximate surface area is 135 Å². The normalized spacial score (nSPS) is 12.9. The van der Waals surface area contributed by atoms with Crippen LogP contribution >= 0.6 is 23.4 Å². The first kappa shape index (κ1) is 18.3. The average molecular weight is 350 g/mol. The number of hydrogen-bond donors (Lipinski definition) is 1. The minimum Gasteiger partial charge on any atom is -0.352 e. The molecule has 0 aliphatic rings. The number of hydrogen-bond acceptors (Lipinski definition) is 4. The lowest BCUT2D eigenvalue weighted by molar-refractivity contribution is -0.119. The van der Waals surface area contributed by atoms with Gasteiger partial charge in [-0.25, -0.2) is 8.42 Å². The molecule has 0 saturated heterocycles. The van der Waals surface area contributed by atoms with Crippen molar-refractivity contribution >= 4 is 39.1 Å². The van der Waals surface area contributed by atoms with E-state index in [1.165, 1.54) is 11.8 Å². The second-order valence-electron chi connectivity index (χ2n) is 4.79. The Bertz CT molecular complexity index is 575. The van der Waals surface area contributed by atoms with Crippen molar-refractivity contribution < 1.29 is 13.2 Å². The molecule has 0 fully saturated rings. The molecule has 0 saturated carbocycles. The summed E-state index contributed by atoms with van der Waals surface area (Å²) in [6.07, 6.45) is 0. The molecule has 21 heavy (non-hydrogen) atoms. The molecule has 1 amide bonds. The Morgan fingerprint density at radius 3 is 2.76 bits per heavy atom. The maximum absolute atomic E-state index is 11.7. The van der Waals surface area contributed by atoms with Crippen LogP contribution in [0.5, 0.6) is 0 Å². The van der Waals surface area contributed by atoms with Crippen molar-refractivity contribution in [1.29, 1.82) is 0 Å². The summed E-state index contributed by atoms with van der Waals surface area (Å²) in [7, 11) is -3.07. The number of carbonyl (C=O) groups is 1. The number of sulfone groups is 1. The van der Waals surface area contributed by atoms with Crippen molar-refractivity contribution in [2.75, 3.05) is 17.3 Å². The number of thioether (sulfide) groups is 1. The van der Waals surface area contributed by atoms with Gasteiger partial charge in [0.15, 0.2) is 9.84 Å². The van der Waals surface area contributed by atoms with Gasteiger partial charge in [0, 0.05) is 22.6 Å². The first-order chi connectivity index (χ1) is 9.82. The highest BCUT2D eigenvalue weighted by molar-refractivity contribution is 7.99. The van der Waals surface area contributed by atoms with E-state index in [0.29, 0.717) is 16.5 Å². The van der Waals surface area contributed by atoms with E-state index in [2.05, 4.69) is 5.32 Å². The van der Waals surface area contributed by atoms with Gasteiger partial charge in [-0.3, -0.25) is 4.79 Å². The van der Waals surface area contributed by atoms with Crippen molar-refractivity contribution in [3.63, 3.8) is 0 Å². The molecule has 0 aliphatic heterocycles. The summed E-state index contributed by atoms with van der Waals surface area (Å²) < 4.78 is 22.9. The van der Waals surface area contributed by atoms with E-state index in [-0.39, 0.29) is 23.5 Å². The lowest BCUT2D eigenvalue weighted by Gasteiger charge is -2.13. The van der Waals surface area contributed by atoms with E-state index in [1.807, 2.05) is 18.2 Å². The zero-order chi connectivity index (χ0) is 15.9. The van der Waals surface area contributed by atoms with Crippen LogP contribution in [0.1, 0.15) is 19.4 Å². The van der Waals surface area contributed by atoms with Gasteiger partial charge in [0.2, 0.25) is 5.91 Å². The van der Waals surface area contributed by atoms with Crippen molar-refractivity contribution in [3.05, 3.63) is 34.9 Å². The first-order valence-corrected chi connectivity index (χ1v) is 10.00. The molecule has 0 aliphatic carbocycles. The molecule has 4 nitrogen and oxygen atoms in total. The molecule has 1 N–H and O–H groups in total. The summed E-state index contributed by atoms with van der Waals surface area (Å²) in [6, 6.07) is 7.12. The average Bonchev–Trinajstić information content (AvgIpc) is 2.38. The predicted molar refractivity (Wildman–Crippen MR) is 89.5 cm³/mol. The molecular formula is C14H20ClNO3S2. The smallest absolute Gasteiger partial charge is 0.230 e. The van der Waals surface area contributed by atoms with Gasteiger partial charge in [0.05, 0.1) is 11.5 Å². The summed E-state index contributed by atoms with van der Waals surface area (Å²) in [6.45, 7) is 3.30. The van der Waals surface area contributed by atoms with E-state index in [1.54, 1.807) is 19.9 Å². The zero-order valence-electron chi connectivity index (χ0n) is 12.1. The topological polar surface area (TPSA) is 63.2 Å². The van der Waals surface area contributed by atoms with Crippen LogP contribution in [0.4, 0.5) is 0 Å². The van der Waals surface area contributed by atoms with Crippen LogP contribution in [0.2, 0.25) is 5.02 Å². The largest absolute Gasteiger partial charge is 0.352 e. The predicted octanol–water partition coefficient (Wildman–Crippen LogP) is 2.51. The molecule has 118 valence electrons. The van der Waals surface area contributed by atoms with Crippen LogP contribution < -0.4 is 5.32 Å². The van der Waals surface area contributed by atoms with E-state index in [0.717, 1.165) is 5.56 Å². The minimum absolute atomic E-state index is 0.0196. The van der Waals surface area contributed by atoms with Gasteiger partial charge in [-0.05, 0) is 24.6 Å². The van der Waals surface area contributed by atoms with Crippen LogP contribution in [-0.4, -0.2) is 37.6 Å². The molecule has 1 atom stereocenters. The van der Waals surface area contributed by atoms with E-state index in [4.69, 9.17) is 11.6 Å². The minimum atomic E-state index is -3.07. The Morgan fingerprint density at radius 2 is 2.14 bits per heavy atom. The quantitative estimate of drug-likeness (QED) is 0.783. The summed E-state index contributed by atoms with van der Waals surface area (Å²) in [5, 5.41) is 3.38. The van der Waals surface area contributed by atoms with Crippen molar-refractivity contribution in [2.24, 2.45) is 0 Å².